The van der Waals surface area contributed by atoms with E-state index in [1.54, 1.807) is 4.90 Å². The van der Waals surface area contributed by atoms with Gasteiger partial charge in [0, 0.05) is 12.6 Å². The summed E-state index contributed by atoms with van der Waals surface area (Å²) in [5, 5.41) is 0. The molecule has 1 aliphatic heterocycles. The van der Waals surface area contributed by atoms with Gasteiger partial charge in [-0.3, -0.25) is 0 Å². The third kappa shape index (κ3) is 4.05. The predicted molar refractivity (Wildman–Crippen MR) is 86.1 cm³/mol. The van der Waals surface area contributed by atoms with Gasteiger partial charge < -0.3 is 18.9 Å². The molecule has 2 fully saturated rings. The fourth-order valence-corrected chi connectivity index (χ4v) is 2.91. The Bertz CT molecular complexity index is 574. The number of hydrogen-bond donors (Lipinski definition) is 0. The van der Waals surface area contributed by atoms with Crippen molar-refractivity contribution in [2.75, 3.05) is 13.1 Å². The van der Waals surface area contributed by atoms with Crippen LogP contribution in [0, 0.1) is 0 Å². The monoisotopic (exact) mass is 321 g/mol. The van der Waals surface area contributed by atoms with E-state index >= 15 is 0 Å². The summed E-state index contributed by atoms with van der Waals surface area (Å²) in [5.41, 5.74) is 0.327. The van der Waals surface area contributed by atoms with Crippen molar-refractivity contribution in [3.8, 4) is 0 Å². The van der Waals surface area contributed by atoms with Gasteiger partial charge in [-0.1, -0.05) is 0 Å². The highest BCUT2D eigenvalue weighted by Gasteiger charge is 2.39. The summed E-state index contributed by atoms with van der Waals surface area (Å²) >= 11 is 0. The van der Waals surface area contributed by atoms with E-state index in [2.05, 4.69) is 16.5 Å². The standard InChI is InChI=1S/C17H27N3O3/c1-16(2,3)23-15(21)19-8-7-17(4,11-19)22-10-14-9-18-12-20(14)13-5-6-13/h9,12-13H,5-8,10-11H2,1-4H3. The van der Waals surface area contributed by atoms with Gasteiger partial charge in [-0.05, 0) is 47.0 Å². The Morgan fingerprint density at radius 3 is 2.83 bits per heavy atom. The zero-order valence-electron chi connectivity index (χ0n) is 14.5. The maximum absolute atomic E-state index is 12.2. The van der Waals surface area contributed by atoms with Gasteiger partial charge in [0.25, 0.3) is 0 Å². The molecule has 6 nitrogen and oxygen atoms in total. The summed E-state index contributed by atoms with van der Waals surface area (Å²) < 4.78 is 13.8. The molecule has 2 heterocycles. The highest BCUT2D eigenvalue weighted by Crippen LogP contribution is 2.36. The molecule has 0 bridgehead atoms. The number of carbonyl (C=O) groups is 1. The second-order valence-corrected chi connectivity index (χ2v) is 7.91. The normalized spacial score (nSPS) is 25.0. The van der Waals surface area contributed by atoms with E-state index in [0.29, 0.717) is 25.7 Å². The van der Waals surface area contributed by atoms with Crippen molar-refractivity contribution in [1.29, 1.82) is 0 Å². The number of likely N-dealkylation sites (tertiary alicyclic amines) is 1. The quantitative estimate of drug-likeness (QED) is 0.855. The van der Waals surface area contributed by atoms with Crippen molar-refractivity contribution in [1.82, 2.24) is 14.5 Å². The van der Waals surface area contributed by atoms with Gasteiger partial charge in [-0.15, -0.1) is 0 Å². The third-order valence-electron chi connectivity index (χ3n) is 4.34. The van der Waals surface area contributed by atoms with Crippen LogP contribution in [0.5, 0.6) is 0 Å². The zero-order chi connectivity index (χ0) is 16.7. The van der Waals surface area contributed by atoms with Crippen molar-refractivity contribution in [3.63, 3.8) is 0 Å². The van der Waals surface area contributed by atoms with E-state index in [4.69, 9.17) is 9.47 Å². The molecule has 1 unspecified atom stereocenters. The van der Waals surface area contributed by atoms with E-state index in [1.165, 1.54) is 12.8 Å². The van der Waals surface area contributed by atoms with Gasteiger partial charge in [0.05, 0.1) is 37.0 Å². The second-order valence-electron chi connectivity index (χ2n) is 7.91. The number of amides is 1. The minimum Gasteiger partial charge on any atom is -0.444 e. The Morgan fingerprint density at radius 1 is 1.43 bits per heavy atom. The zero-order valence-corrected chi connectivity index (χ0v) is 14.5. The lowest BCUT2D eigenvalue weighted by atomic mass is 10.1. The van der Waals surface area contributed by atoms with Gasteiger partial charge in [0.2, 0.25) is 0 Å². The minimum atomic E-state index is -0.465. The lowest BCUT2D eigenvalue weighted by Crippen LogP contribution is -2.39. The largest absolute Gasteiger partial charge is 0.444 e. The maximum Gasteiger partial charge on any atom is 0.410 e. The van der Waals surface area contributed by atoms with Crippen molar-refractivity contribution >= 4 is 6.09 Å². The molecular formula is C17H27N3O3. The molecule has 1 amide bonds. The summed E-state index contributed by atoms with van der Waals surface area (Å²) in [6.07, 6.45) is 6.79. The van der Waals surface area contributed by atoms with Crippen LogP contribution in [0.25, 0.3) is 0 Å². The van der Waals surface area contributed by atoms with Gasteiger partial charge in [0.15, 0.2) is 0 Å². The lowest BCUT2D eigenvalue weighted by Gasteiger charge is -2.27. The first-order valence-corrected chi connectivity index (χ1v) is 8.38. The molecule has 6 heteroatoms. The molecule has 0 aromatic carbocycles. The summed E-state index contributed by atoms with van der Waals surface area (Å²) in [4.78, 5) is 18.1. The summed E-state index contributed by atoms with van der Waals surface area (Å²) in [7, 11) is 0. The Hall–Kier alpha value is -1.56. The molecule has 0 radical (unpaired) electrons. The van der Waals surface area contributed by atoms with Crippen molar-refractivity contribution < 1.29 is 14.3 Å². The third-order valence-corrected chi connectivity index (χ3v) is 4.34. The molecule has 1 aliphatic carbocycles. The molecule has 128 valence electrons. The number of carbonyl (C=O) groups excluding carboxylic acids is 1. The van der Waals surface area contributed by atoms with Crippen LogP contribution in [-0.2, 0) is 16.1 Å². The van der Waals surface area contributed by atoms with Crippen LogP contribution >= 0.6 is 0 Å². The van der Waals surface area contributed by atoms with Crippen molar-refractivity contribution in [3.05, 3.63) is 18.2 Å². The molecule has 1 saturated carbocycles. The molecule has 0 N–H and O–H groups in total. The topological polar surface area (TPSA) is 56.6 Å². The van der Waals surface area contributed by atoms with E-state index in [-0.39, 0.29) is 11.7 Å². The smallest absolute Gasteiger partial charge is 0.410 e. The van der Waals surface area contributed by atoms with E-state index in [1.807, 2.05) is 33.3 Å². The number of nitrogens with zero attached hydrogens (tertiary/aromatic N) is 3. The van der Waals surface area contributed by atoms with Gasteiger partial charge >= 0.3 is 6.09 Å². The number of hydrogen-bond acceptors (Lipinski definition) is 4. The molecule has 0 spiro atoms. The average molecular weight is 321 g/mol. The van der Waals surface area contributed by atoms with E-state index < -0.39 is 5.60 Å². The molecule has 1 aromatic rings. The SMILES string of the molecule is CC(C)(C)OC(=O)N1CCC(C)(OCc2cncn2C2CC2)C1. The predicted octanol–water partition coefficient (Wildman–Crippen LogP) is 3.13. The first kappa shape index (κ1) is 16.3. The fourth-order valence-electron chi connectivity index (χ4n) is 2.91. The Morgan fingerprint density at radius 2 is 2.17 bits per heavy atom. The molecule has 1 saturated heterocycles. The van der Waals surface area contributed by atoms with E-state index in [0.717, 1.165) is 12.1 Å². The van der Waals surface area contributed by atoms with Crippen LogP contribution in [0.4, 0.5) is 4.79 Å². The molecule has 1 aromatic heterocycles. The Kier molecular flexibility index (Phi) is 4.12. The van der Waals surface area contributed by atoms with E-state index in [9.17, 15) is 4.79 Å². The summed E-state index contributed by atoms with van der Waals surface area (Å²) in [5.74, 6) is 0. The minimum absolute atomic E-state index is 0.257. The second kappa shape index (κ2) is 5.82. The molecule has 1 atom stereocenters. The summed E-state index contributed by atoms with van der Waals surface area (Å²) in [6.45, 7) is 9.50. The first-order valence-electron chi connectivity index (χ1n) is 8.38. The van der Waals surface area contributed by atoms with Crippen LogP contribution in [0.1, 0.15) is 58.7 Å². The highest BCUT2D eigenvalue weighted by atomic mass is 16.6. The molecule has 23 heavy (non-hydrogen) atoms. The Labute approximate surface area is 137 Å². The molecule has 3 rings (SSSR count). The van der Waals surface area contributed by atoms with Crippen LogP contribution in [-0.4, -0.2) is 44.8 Å². The van der Waals surface area contributed by atoms with Gasteiger partial charge in [-0.2, -0.15) is 0 Å². The van der Waals surface area contributed by atoms with Gasteiger partial charge in [-0.25, -0.2) is 9.78 Å². The fraction of sp³-hybridized carbons (Fsp3) is 0.765. The number of imidazole rings is 1. The Balaban J connectivity index is 1.54. The number of ether oxygens (including phenoxy) is 2. The maximum atomic E-state index is 12.2. The lowest BCUT2D eigenvalue weighted by molar-refractivity contribution is -0.0396. The average Bonchev–Trinajstić information content (AvgIpc) is 3.04. The number of aromatic nitrogens is 2. The number of rotatable bonds is 4. The van der Waals surface area contributed by atoms with Crippen LogP contribution in [0.2, 0.25) is 0 Å². The molecule has 2 aliphatic rings. The highest BCUT2D eigenvalue weighted by molar-refractivity contribution is 5.68. The molecular weight excluding hydrogens is 294 g/mol. The first-order chi connectivity index (χ1) is 10.8. The van der Waals surface area contributed by atoms with Crippen LogP contribution in [0.15, 0.2) is 12.5 Å². The van der Waals surface area contributed by atoms with Crippen LogP contribution < -0.4 is 0 Å². The van der Waals surface area contributed by atoms with Crippen LogP contribution in [0.3, 0.4) is 0 Å². The van der Waals surface area contributed by atoms with Crippen molar-refractivity contribution in [2.45, 2.75) is 70.8 Å². The summed E-state index contributed by atoms with van der Waals surface area (Å²) in [6, 6.07) is 0.603. The van der Waals surface area contributed by atoms with Crippen molar-refractivity contribution in [2.24, 2.45) is 0 Å². The van der Waals surface area contributed by atoms with Gasteiger partial charge in [0.1, 0.15) is 5.60 Å².